The third-order valence-electron chi connectivity index (χ3n) is 1.64. The van der Waals surface area contributed by atoms with Crippen LogP contribution in [-0.2, 0) is 4.74 Å². The molecule has 0 bridgehead atoms. The Morgan fingerprint density at radius 2 is 2.10 bits per heavy atom. The molecular weight excluding hydrogens is 194 g/mol. The van der Waals surface area contributed by atoms with Crippen LogP contribution in [0.4, 0.5) is 0 Å². The van der Waals surface area contributed by atoms with Crippen LogP contribution in [0, 0.1) is 0 Å². The molecule has 0 aromatic heterocycles. The number of quaternary nitrogens is 1. The van der Waals surface area contributed by atoms with Gasteiger partial charge in [0.1, 0.15) is 19.6 Å². The number of ether oxygens (including phenoxy) is 1. The molecule has 0 aromatic carbocycles. The molecule has 0 atom stereocenters. The van der Waals surface area contributed by atoms with E-state index in [2.05, 4.69) is 22.5 Å². The average Bonchev–Trinajstić information content (AvgIpc) is 1.88. The van der Waals surface area contributed by atoms with Gasteiger partial charge in [0.15, 0.2) is 0 Å². The maximum absolute atomic E-state index is 5.22. The number of rotatable bonds is 2. The van der Waals surface area contributed by atoms with Gasteiger partial charge in [0.25, 0.3) is 0 Å². The lowest BCUT2D eigenvalue weighted by atomic mass is 10.4. The minimum atomic E-state index is 0.898. The molecule has 58 valence electrons. The first kappa shape index (κ1) is 8.24. The Bertz CT molecular complexity index is 121. The maximum atomic E-state index is 5.22. The molecule has 0 aliphatic carbocycles. The first-order valence-electron chi connectivity index (χ1n) is 3.53. The van der Waals surface area contributed by atoms with E-state index in [1.54, 1.807) is 4.90 Å². The fraction of sp³-hybridized carbons (Fsp3) is 0.714. The Kier molecular flexibility index (Phi) is 3.39. The average molecular weight is 207 g/mol. The summed E-state index contributed by atoms with van der Waals surface area (Å²) in [6, 6.07) is 0. The van der Waals surface area contributed by atoms with Crippen molar-refractivity contribution in [1.29, 1.82) is 0 Å². The third-order valence-corrected chi connectivity index (χ3v) is 1.92. The molecule has 0 amide bonds. The minimum absolute atomic E-state index is 0.898. The lowest BCUT2D eigenvalue weighted by Gasteiger charge is -2.23. The van der Waals surface area contributed by atoms with Gasteiger partial charge in [-0.25, -0.2) is 0 Å². The van der Waals surface area contributed by atoms with E-state index in [0.29, 0.717) is 0 Å². The van der Waals surface area contributed by atoms with E-state index in [0.717, 1.165) is 37.3 Å². The molecule has 1 N–H and O–H groups in total. The third kappa shape index (κ3) is 2.82. The Balaban J connectivity index is 2.19. The highest BCUT2D eigenvalue weighted by Crippen LogP contribution is 1.94. The number of hydrogen-bond acceptors (Lipinski definition) is 1. The van der Waals surface area contributed by atoms with E-state index in [-0.39, 0.29) is 0 Å². The molecule has 0 aromatic rings. The Labute approximate surface area is 70.0 Å². The van der Waals surface area contributed by atoms with Crippen molar-refractivity contribution in [2.45, 2.75) is 0 Å². The normalized spacial score (nSPS) is 20.9. The van der Waals surface area contributed by atoms with Crippen molar-refractivity contribution in [3.05, 3.63) is 11.1 Å². The zero-order valence-corrected chi connectivity index (χ0v) is 7.61. The Morgan fingerprint density at radius 1 is 1.50 bits per heavy atom. The van der Waals surface area contributed by atoms with Crippen molar-refractivity contribution in [1.82, 2.24) is 0 Å². The van der Waals surface area contributed by atoms with Gasteiger partial charge >= 0.3 is 0 Å². The second kappa shape index (κ2) is 4.11. The van der Waals surface area contributed by atoms with Crippen LogP contribution in [0.5, 0.6) is 0 Å². The van der Waals surface area contributed by atoms with Gasteiger partial charge in [-0.15, -0.1) is 0 Å². The second-order valence-corrected chi connectivity index (χ2v) is 3.68. The molecule has 1 heterocycles. The molecule has 1 rings (SSSR count). The van der Waals surface area contributed by atoms with Gasteiger partial charge in [-0.2, -0.15) is 0 Å². The van der Waals surface area contributed by atoms with E-state index in [9.17, 15) is 0 Å². The quantitative estimate of drug-likeness (QED) is 0.662. The van der Waals surface area contributed by atoms with Crippen LogP contribution in [0.25, 0.3) is 0 Å². The fourth-order valence-corrected chi connectivity index (χ4v) is 1.50. The van der Waals surface area contributed by atoms with Crippen molar-refractivity contribution < 1.29 is 9.64 Å². The summed E-state index contributed by atoms with van der Waals surface area (Å²) in [7, 11) is 0. The van der Waals surface area contributed by atoms with Gasteiger partial charge in [-0.3, -0.25) is 0 Å². The first-order chi connectivity index (χ1) is 4.79. The summed E-state index contributed by atoms with van der Waals surface area (Å²) in [5.41, 5.74) is 0. The zero-order chi connectivity index (χ0) is 7.40. The molecule has 1 saturated heterocycles. The molecule has 1 aliphatic heterocycles. The predicted octanol–water partition coefficient (Wildman–Crippen LogP) is -0.190. The van der Waals surface area contributed by atoms with E-state index in [1.807, 2.05) is 0 Å². The van der Waals surface area contributed by atoms with Crippen LogP contribution < -0.4 is 4.90 Å². The van der Waals surface area contributed by atoms with Crippen molar-refractivity contribution in [2.75, 3.05) is 32.8 Å². The van der Waals surface area contributed by atoms with Crippen LogP contribution in [-0.4, -0.2) is 32.8 Å². The first-order valence-corrected chi connectivity index (χ1v) is 4.33. The summed E-state index contributed by atoms with van der Waals surface area (Å²) >= 11 is 3.35. The molecule has 0 radical (unpaired) electrons. The van der Waals surface area contributed by atoms with Crippen molar-refractivity contribution in [3.63, 3.8) is 0 Å². The number of halogens is 1. The smallest absolute Gasteiger partial charge is 0.109 e. The lowest BCUT2D eigenvalue weighted by molar-refractivity contribution is -0.902. The fourth-order valence-electron chi connectivity index (χ4n) is 1.11. The molecular formula is C7H13BrNO+. The summed E-state index contributed by atoms with van der Waals surface area (Å²) in [5.74, 6) is 0. The predicted molar refractivity (Wildman–Crippen MR) is 44.4 cm³/mol. The number of hydrogen-bond donors (Lipinski definition) is 1. The summed E-state index contributed by atoms with van der Waals surface area (Å²) in [5, 5.41) is 0. The second-order valence-electron chi connectivity index (χ2n) is 2.56. The van der Waals surface area contributed by atoms with Crippen molar-refractivity contribution in [3.8, 4) is 0 Å². The standard InChI is InChI=1S/C7H12BrNO/c1-7(8)6-9-2-4-10-5-3-9/h1-6H2/p+1. The van der Waals surface area contributed by atoms with Gasteiger partial charge in [-0.1, -0.05) is 22.5 Å². The molecule has 1 aliphatic rings. The maximum Gasteiger partial charge on any atom is 0.109 e. The van der Waals surface area contributed by atoms with E-state index >= 15 is 0 Å². The molecule has 0 unspecified atom stereocenters. The minimum Gasteiger partial charge on any atom is -0.370 e. The highest BCUT2D eigenvalue weighted by Gasteiger charge is 2.12. The van der Waals surface area contributed by atoms with Gasteiger partial charge in [0, 0.05) is 4.48 Å². The van der Waals surface area contributed by atoms with E-state index in [1.165, 1.54) is 0 Å². The van der Waals surface area contributed by atoms with Crippen LogP contribution in [0.3, 0.4) is 0 Å². The van der Waals surface area contributed by atoms with E-state index < -0.39 is 0 Å². The van der Waals surface area contributed by atoms with Crippen molar-refractivity contribution in [2.24, 2.45) is 0 Å². The zero-order valence-electron chi connectivity index (χ0n) is 6.03. The Hall–Kier alpha value is 0.140. The SMILES string of the molecule is C=C(Br)C[NH+]1CCOCC1. The molecule has 3 heteroatoms. The summed E-state index contributed by atoms with van der Waals surface area (Å²) in [4.78, 5) is 1.56. The van der Waals surface area contributed by atoms with Crippen LogP contribution >= 0.6 is 15.9 Å². The molecule has 0 spiro atoms. The van der Waals surface area contributed by atoms with Gasteiger partial charge < -0.3 is 9.64 Å². The summed E-state index contributed by atoms with van der Waals surface area (Å²) in [6.45, 7) is 8.86. The van der Waals surface area contributed by atoms with Crippen LogP contribution in [0.15, 0.2) is 11.1 Å². The summed E-state index contributed by atoms with van der Waals surface area (Å²) < 4.78 is 6.30. The topological polar surface area (TPSA) is 13.7 Å². The largest absolute Gasteiger partial charge is 0.370 e. The number of morpholine rings is 1. The lowest BCUT2D eigenvalue weighted by Crippen LogP contribution is -3.14. The molecule has 2 nitrogen and oxygen atoms in total. The summed E-state index contributed by atoms with van der Waals surface area (Å²) in [6.07, 6.45) is 0. The van der Waals surface area contributed by atoms with Gasteiger partial charge in [-0.05, 0) is 0 Å². The molecule has 1 fully saturated rings. The van der Waals surface area contributed by atoms with Gasteiger partial charge in [0.05, 0.1) is 13.2 Å². The Morgan fingerprint density at radius 3 is 2.60 bits per heavy atom. The van der Waals surface area contributed by atoms with Crippen LogP contribution in [0.2, 0.25) is 0 Å². The number of nitrogens with one attached hydrogen (secondary N) is 1. The van der Waals surface area contributed by atoms with E-state index in [4.69, 9.17) is 4.74 Å². The molecule has 10 heavy (non-hydrogen) atoms. The molecule has 0 saturated carbocycles. The van der Waals surface area contributed by atoms with Gasteiger partial charge in [0.2, 0.25) is 0 Å². The highest BCUT2D eigenvalue weighted by molar-refractivity contribution is 9.11. The monoisotopic (exact) mass is 206 g/mol. The van der Waals surface area contributed by atoms with Crippen molar-refractivity contribution >= 4 is 15.9 Å². The van der Waals surface area contributed by atoms with Crippen LogP contribution in [0.1, 0.15) is 0 Å². The highest BCUT2D eigenvalue weighted by atomic mass is 79.9.